The average molecular weight is 207 g/mol. The topological polar surface area (TPSA) is 47.9 Å². The van der Waals surface area contributed by atoms with Crippen LogP contribution in [-0.4, -0.2) is 32.4 Å². The van der Waals surface area contributed by atoms with E-state index in [4.69, 9.17) is 9.47 Å². The molecule has 0 aliphatic heterocycles. The van der Waals surface area contributed by atoms with Crippen molar-refractivity contribution in [3.8, 4) is 5.75 Å². The second-order valence-corrected chi connectivity index (χ2v) is 2.75. The van der Waals surface area contributed by atoms with Gasteiger partial charge in [-0.25, -0.2) is 9.79 Å². The molecule has 0 bridgehead atoms. The Bertz CT molecular complexity index is 307. The molecular weight excluding hydrogens is 194 g/mol. The Kier molecular flexibility index (Phi) is 5.90. The molecule has 0 atom stereocenters. The molecule has 1 rings (SSSR count). The van der Waals surface area contributed by atoms with E-state index in [2.05, 4.69) is 4.99 Å². The fourth-order valence-corrected chi connectivity index (χ4v) is 0.993. The van der Waals surface area contributed by atoms with Gasteiger partial charge in [0.25, 0.3) is 0 Å². The third-order valence-electron chi connectivity index (χ3n) is 1.65. The Morgan fingerprint density at radius 3 is 2.67 bits per heavy atom. The number of ether oxygens (including phenoxy) is 2. The molecule has 0 saturated carbocycles. The molecule has 15 heavy (non-hydrogen) atoms. The Morgan fingerprint density at radius 2 is 1.93 bits per heavy atom. The van der Waals surface area contributed by atoms with Gasteiger partial charge < -0.3 is 9.47 Å². The van der Waals surface area contributed by atoms with Crippen LogP contribution in [0.1, 0.15) is 0 Å². The highest BCUT2D eigenvalue weighted by Gasteiger charge is 1.91. The summed E-state index contributed by atoms with van der Waals surface area (Å²) < 4.78 is 10.5. The van der Waals surface area contributed by atoms with E-state index < -0.39 is 0 Å². The van der Waals surface area contributed by atoms with Crippen LogP contribution >= 0.6 is 0 Å². The minimum absolute atomic E-state index is 0.356. The highest BCUT2D eigenvalue weighted by molar-refractivity contribution is 5.32. The van der Waals surface area contributed by atoms with Gasteiger partial charge in [-0.1, -0.05) is 18.2 Å². The van der Waals surface area contributed by atoms with Crippen molar-refractivity contribution in [2.75, 3.05) is 26.4 Å². The maximum absolute atomic E-state index is 9.71. The summed E-state index contributed by atoms with van der Waals surface area (Å²) in [6, 6.07) is 9.53. The van der Waals surface area contributed by atoms with Crippen molar-refractivity contribution in [1.82, 2.24) is 0 Å². The van der Waals surface area contributed by atoms with Gasteiger partial charge in [0.15, 0.2) is 0 Å². The Morgan fingerprint density at radius 1 is 1.13 bits per heavy atom. The third kappa shape index (κ3) is 5.62. The predicted octanol–water partition coefficient (Wildman–Crippen LogP) is 1.42. The van der Waals surface area contributed by atoms with Crippen LogP contribution in [0.25, 0.3) is 0 Å². The molecule has 0 spiro atoms. The second-order valence-electron chi connectivity index (χ2n) is 2.75. The summed E-state index contributed by atoms with van der Waals surface area (Å²) in [4.78, 5) is 13.1. The quantitative estimate of drug-likeness (QED) is 0.386. The lowest BCUT2D eigenvalue weighted by molar-refractivity contribution is 0.106. The van der Waals surface area contributed by atoms with Gasteiger partial charge in [-0.15, -0.1) is 0 Å². The fraction of sp³-hybridized carbons (Fsp3) is 0.364. The second kappa shape index (κ2) is 7.74. The molecule has 0 N–H and O–H groups in total. The Balaban J connectivity index is 2.00. The summed E-state index contributed by atoms with van der Waals surface area (Å²) in [5.74, 6) is 0.826. The number of isocyanates is 1. The maximum atomic E-state index is 9.71. The van der Waals surface area contributed by atoms with Gasteiger partial charge in [-0.3, -0.25) is 0 Å². The van der Waals surface area contributed by atoms with Gasteiger partial charge in [-0.2, -0.15) is 0 Å². The summed E-state index contributed by atoms with van der Waals surface area (Å²) >= 11 is 0. The van der Waals surface area contributed by atoms with E-state index in [1.807, 2.05) is 30.3 Å². The average Bonchev–Trinajstić information content (AvgIpc) is 2.29. The lowest BCUT2D eigenvalue weighted by Gasteiger charge is -2.05. The molecule has 0 fully saturated rings. The molecule has 1 aromatic carbocycles. The van der Waals surface area contributed by atoms with Gasteiger partial charge >= 0.3 is 0 Å². The minimum Gasteiger partial charge on any atom is -0.491 e. The van der Waals surface area contributed by atoms with E-state index in [1.165, 1.54) is 6.08 Å². The first kappa shape index (κ1) is 11.4. The molecule has 1 aromatic rings. The molecule has 80 valence electrons. The Hall–Kier alpha value is -1.64. The third-order valence-corrected chi connectivity index (χ3v) is 1.65. The summed E-state index contributed by atoms with van der Waals surface area (Å²) in [6.45, 7) is 1.76. The van der Waals surface area contributed by atoms with Crippen LogP contribution in [-0.2, 0) is 9.53 Å². The van der Waals surface area contributed by atoms with Crippen LogP contribution in [0.2, 0.25) is 0 Å². The lowest BCUT2D eigenvalue weighted by Crippen LogP contribution is -2.08. The van der Waals surface area contributed by atoms with E-state index in [0.29, 0.717) is 26.4 Å². The molecule has 4 heteroatoms. The fourth-order valence-electron chi connectivity index (χ4n) is 0.993. The molecule has 0 radical (unpaired) electrons. The molecular formula is C11H13NO3. The molecule has 0 unspecified atom stereocenters. The van der Waals surface area contributed by atoms with Crippen LogP contribution in [0.4, 0.5) is 0 Å². The first-order valence-electron chi connectivity index (χ1n) is 4.72. The van der Waals surface area contributed by atoms with E-state index in [-0.39, 0.29) is 0 Å². The van der Waals surface area contributed by atoms with Gasteiger partial charge in [0, 0.05) is 0 Å². The SMILES string of the molecule is O=C=NCCOCCOc1ccccc1. The standard InChI is InChI=1S/C11H13NO3/c13-10-12-6-7-14-8-9-15-11-4-2-1-3-5-11/h1-5H,6-9H2. The summed E-state index contributed by atoms with van der Waals surface area (Å²) in [5, 5.41) is 0. The molecule has 0 saturated heterocycles. The van der Waals surface area contributed by atoms with Crippen molar-refractivity contribution in [3.63, 3.8) is 0 Å². The van der Waals surface area contributed by atoms with Crippen LogP contribution < -0.4 is 4.74 Å². The van der Waals surface area contributed by atoms with Crippen LogP contribution in [0, 0.1) is 0 Å². The highest BCUT2D eigenvalue weighted by Crippen LogP contribution is 2.07. The van der Waals surface area contributed by atoms with Crippen LogP contribution in [0.3, 0.4) is 0 Å². The van der Waals surface area contributed by atoms with E-state index in [1.54, 1.807) is 0 Å². The minimum atomic E-state index is 0.356. The smallest absolute Gasteiger partial charge is 0.235 e. The number of hydrogen-bond acceptors (Lipinski definition) is 4. The van der Waals surface area contributed by atoms with Gasteiger partial charge in [0.05, 0.1) is 19.8 Å². The number of nitrogens with zero attached hydrogens (tertiary/aromatic N) is 1. The van der Waals surface area contributed by atoms with Crippen molar-refractivity contribution >= 4 is 6.08 Å². The zero-order chi connectivity index (χ0) is 10.8. The van der Waals surface area contributed by atoms with Crippen molar-refractivity contribution in [1.29, 1.82) is 0 Å². The van der Waals surface area contributed by atoms with Crippen LogP contribution in [0.5, 0.6) is 5.75 Å². The first-order valence-corrected chi connectivity index (χ1v) is 4.72. The number of para-hydroxylation sites is 1. The van der Waals surface area contributed by atoms with E-state index in [0.717, 1.165) is 5.75 Å². The predicted molar refractivity (Wildman–Crippen MR) is 55.7 cm³/mol. The number of carbonyl (C=O) groups excluding carboxylic acids is 1. The van der Waals surface area contributed by atoms with Gasteiger partial charge in [-0.05, 0) is 12.1 Å². The van der Waals surface area contributed by atoms with Crippen LogP contribution in [0.15, 0.2) is 35.3 Å². The molecule has 0 aliphatic carbocycles. The number of rotatable bonds is 7. The van der Waals surface area contributed by atoms with Gasteiger partial charge in [0.2, 0.25) is 6.08 Å². The molecule has 0 aliphatic rings. The maximum Gasteiger partial charge on any atom is 0.235 e. The molecule has 0 amide bonds. The molecule has 0 heterocycles. The summed E-state index contributed by atoms with van der Waals surface area (Å²) in [5.41, 5.74) is 0. The largest absolute Gasteiger partial charge is 0.491 e. The monoisotopic (exact) mass is 207 g/mol. The van der Waals surface area contributed by atoms with E-state index in [9.17, 15) is 4.79 Å². The van der Waals surface area contributed by atoms with Crippen molar-refractivity contribution < 1.29 is 14.3 Å². The number of aliphatic imine (C=N–C) groups is 1. The van der Waals surface area contributed by atoms with Crippen molar-refractivity contribution in [2.45, 2.75) is 0 Å². The normalized spacial score (nSPS) is 9.33. The first-order chi connectivity index (χ1) is 7.43. The Labute approximate surface area is 88.5 Å². The van der Waals surface area contributed by atoms with Crippen molar-refractivity contribution in [3.05, 3.63) is 30.3 Å². The van der Waals surface area contributed by atoms with E-state index >= 15 is 0 Å². The van der Waals surface area contributed by atoms with Gasteiger partial charge in [0.1, 0.15) is 12.4 Å². The summed E-state index contributed by atoms with van der Waals surface area (Å²) in [7, 11) is 0. The number of hydrogen-bond donors (Lipinski definition) is 0. The molecule has 4 nitrogen and oxygen atoms in total. The van der Waals surface area contributed by atoms with Crippen molar-refractivity contribution in [2.24, 2.45) is 4.99 Å². The highest BCUT2D eigenvalue weighted by atomic mass is 16.5. The molecule has 0 aromatic heterocycles. The zero-order valence-electron chi connectivity index (χ0n) is 8.39. The lowest BCUT2D eigenvalue weighted by atomic mass is 10.3. The zero-order valence-corrected chi connectivity index (χ0v) is 8.39. The summed E-state index contributed by atoms with van der Waals surface area (Å²) in [6.07, 6.45) is 1.45. The number of benzene rings is 1.